The van der Waals surface area contributed by atoms with E-state index in [0.717, 1.165) is 11.4 Å². The van der Waals surface area contributed by atoms with Gasteiger partial charge in [0.1, 0.15) is 5.82 Å². The van der Waals surface area contributed by atoms with Gasteiger partial charge < -0.3 is 14.2 Å². The molecule has 7 nitrogen and oxygen atoms in total. The van der Waals surface area contributed by atoms with E-state index < -0.39 is 0 Å². The highest BCUT2D eigenvalue weighted by molar-refractivity contribution is 5.53. The highest BCUT2D eigenvalue weighted by Crippen LogP contribution is 2.39. The Morgan fingerprint density at radius 1 is 1.15 bits per heavy atom. The lowest BCUT2D eigenvalue weighted by molar-refractivity contribution is 0.292. The molecule has 1 aromatic carbocycles. The summed E-state index contributed by atoms with van der Waals surface area (Å²) in [5, 5.41) is 7.08. The average Bonchev–Trinajstić information content (AvgIpc) is 3.26. The number of methoxy groups -OCH3 is 3. The van der Waals surface area contributed by atoms with Crippen LogP contribution in [0.3, 0.4) is 0 Å². The van der Waals surface area contributed by atoms with Crippen LogP contribution in [-0.2, 0) is 6.54 Å². The lowest BCUT2D eigenvalue weighted by atomic mass is 9.97. The molecule has 1 saturated heterocycles. The molecule has 1 aromatic heterocycles. The van der Waals surface area contributed by atoms with Gasteiger partial charge in [-0.1, -0.05) is 0 Å². The number of nitrogens with one attached hydrogen (secondary N) is 1. The molecule has 0 unspecified atom stereocenters. The molecule has 0 spiro atoms. The summed E-state index contributed by atoms with van der Waals surface area (Å²) in [6.45, 7) is 3.49. The molecular weight excluding hydrogens is 339 g/mol. The van der Waals surface area contributed by atoms with Crippen molar-refractivity contribution < 1.29 is 18.6 Å². The Morgan fingerprint density at radius 2 is 1.85 bits per heavy atom. The second-order valence-corrected chi connectivity index (χ2v) is 6.53. The Balaban J connectivity index is 1.79. The SMILES string of the molecule is COc1cc(CN2C[C@@H](CF)[C@H](c3n[nH]c(C)n3)C2)cc(OC)c1OC. The van der Waals surface area contributed by atoms with Crippen LogP contribution in [0.15, 0.2) is 12.1 Å². The summed E-state index contributed by atoms with van der Waals surface area (Å²) < 4.78 is 29.7. The summed E-state index contributed by atoms with van der Waals surface area (Å²) >= 11 is 0. The van der Waals surface area contributed by atoms with E-state index >= 15 is 0 Å². The van der Waals surface area contributed by atoms with E-state index in [4.69, 9.17) is 14.2 Å². The zero-order valence-corrected chi connectivity index (χ0v) is 15.6. The predicted molar refractivity (Wildman–Crippen MR) is 94.7 cm³/mol. The van der Waals surface area contributed by atoms with Gasteiger partial charge in [0.25, 0.3) is 0 Å². The molecule has 0 radical (unpaired) electrons. The third kappa shape index (κ3) is 3.60. The quantitative estimate of drug-likeness (QED) is 0.813. The molecule has 3 rings (SSSR count). The van der Waals surface area contributed by atoms with E-state index in [0.29, 0.717) is 42.7 Å². The van der Waals surface area contributed by atoms with E-state index in [-0.39, 0.29) is 18.5 Å². The first-order valence-corrected chi connectivity index (χ1v) is 8.55. The maximum atomic E-state index is 13.5. The maximum Gasteiger partial charge on any atom is 0.203 e. The van der Waals surface area contributed by atoms with Crippen molar-refractivity contribution in [3.8, 4) is 17.2 Å². The Hall–Kier alpha value is -2.35. The molecular formula is C18H25FN4O3. The molecule has 1 N–H and O–H groups in total. The van der Waals surface area contributed by atoms with Gasteiger partial charge in [0.05, 0.1) is 28.0 Å². The van der Waals surface area contributed by atoms with Crippen LogP contribution in [0.5, 0.6) is 17.2 Å². The van der Waals surface area contributed by atoms with Crippen LogP contribution in [0.25, 0.3) is 0 Å². The molecule has 0 saturated carbocycles. The molecule has 1 fully saturated rings. The van der Waals surface area contributed by atoms with E-state index in [1.54, 1.807) is 21.3 Å². The molecule has 26 heavy (non-hydrogen) atoms. The number of aromatic amines is 1. The van der Waals surface area contributed by atoms with Crippen LogP contribution < -0.4 is 14.2 Å². The maximum absolute atomic E-state index is 13.5. The van der Waals surface area contributed by atoms with Crippen LogP contribution in [0, 0.1) is 12.8 Å². The molecule has 2 heterocycles. The summed E-state index contributed by atoms with van der Waals surface area (Å²) in [6, 6.07) is 3.85. The van der Waals surface area contributed by atoms with Crippen LogP contribution >= 0.6 is 0 Å². The van der Waals surface area contributed by atoms with Gasteiger partial charge in [0.2, 0.25) is 5.75 Å². The smallest absolute Gasteiger partial charge is 0.203 e. The number of ether oxygens (including phenoxy) is 3. The van der Waals surface area contributed by atoms with Gasteiger partial charge in [0, 0.05) is 31.5 Å². The van der Waals surface area contributed by atoms with Gasteiger partial charge in [-0.25, -0.2) is 4.98 Å². The highest BCUT2D eigenvalue weighted by Gasteiger charge is 2.36. The first kappa shape index (κ1) is 18.4. The summed E-state index contributed by atoms with van der Waals surface area (Å²) in [6.07, 6.45) is 0. The molecule has 2 aromatic rings. The number of rotatable bonds is 7. The van der Waals surface area contributed by atoms with Crippen LogP contribution in [0.2, 0.25) is 0 Å². The normalized spacial score (nSPS) is 20.3. The fraction of sp³-hybridized carbons (Fsp3) is 0.556. The lowest BCUT2D eigenvalue weighted by Crippen LogP contribution is -2.20. The number of nitrogens with zero attached hydrogens (tertiary/aromatic N) is 3. The molecule has 2 atom stereocenters. The summed E-state index contributed by atoms with van der Waals surface area (Å²) in [7, 11) is 4.77. The summed E-state index contributed by atoms with van der Waals surface area (Å²) in [5.74, 6) is 3.13. The molecule has 1 aliphatic heterocycles. The van der Waals surface area contributed by atoms with Crippen LogP contribution in [0.1, 0.15) is 23.1 Å². The summed E-state index contributed by atoms with van der Waals surface area (Å²) in [5.41, 5.74) is 1.02. The van der Waals surface area contributed by atoms with Crippen molar-refractivity contribution >= 4 is 0 Å². The molecule has 0 amide bonds. The molecule has 0 bridgehead atoms. The Bertz CT molecular complexity index is 727. The van der Waals surface area contributed by atoms with Crippen molar-refractivity contribution in [3.05, 3.63) is 29.3 Å². The Morgan fingerprint density at radius 3 is 2.35 bits per heavy atom. The minimum atomic E-state index is -0.385. The Kier molecular flexibility index (Phi) is 5.61. The van der Waals surface area contributed by atoms with Crippen molar-refractivity contribution in [3.63, 3.8) is 0 Å². The molecule has 8 heteroatoms. The lowest BCUT2D eigenvalue weighted by Gasteiger charge is -2.18. The topological polar surface area (TPSA) is 72.5 Å². The van der Waals surface area contributed by atoms with Gasteiger partial charge in [-0.2, -0.15) is 5.10 Å². The van der Waals surface area contributed by atoms with Crippen LogP contribution in [-0.4, -0.2) is 61.2 Å². The second-order valence-electron chi connectivity index (χ2n) is 6.53. The van der Waals surface area contributed by atoms with Crippen molar-refractivity contribution in [2.75, 3.05) is 41.1 Å². The monoisotopic (exact) mass is 364 g/mol. The number of halogens is 1. The number of aromatic nitrogens is 3. The second kappa shape index (κ2) is 7.90. The van der Waals surface area contributed by atoms with Gasteiger partial charge >= 0.3 is 0 Å². The van der Waals surface area contributed by atoms with Gasteiger partial charge in [-0.15, -0.1) is 0 Å². The highest BCUT2D eigenvalue weighted by atomic mass is 19.1. The van der Waals surface area contributed by atoms with E-state index in [1.165, 1.54) is 0 Å². The fourth-order valence-corrected chi connectivity index (χ4v) is 3.55. The van der Waals surface area contributed by atoms with E-state index in [1.807, 2.05) is 19.1 Å². The molecule has 0 aliphatic carbocycles. The summed E-state index contributed by atoms with van der Waals surface area (Å²) in [4.78, 5) is 6.60. The van der Waals surface area contributed by atoms with Crippen molar-refractivity contribution in [1.82, 2.24) is 20.1 Å². The first-order valence-electron chi connectivity index (χ1n) is 8.55. The number of aryl methyl sites for hydroxylation is 1. The number of hydrogen-bond donors (Lipinski definition) is 1. The minimum absolute atomic E-state index is 0.00742. The number of alkyl halides is 1. The standard InChI is InChI=1S/C18H25FN4O3/c1-11-20-18(22-21-11)14-10-23(9-13(14)7-19)8-12-5-15(24-2)17(26-4)16(6-12)25-3/h5-6,13-14H,7-10H2,1-4H3,(H,20,21,22)/t13-,14-/m1/s1. The minimum Gasteiger partial charge on any atom is -0.493 e. The number of likely N-dealkylation sites (tertiary alicyclic amines) is 1. The van der Waals surface area contributed by atoms with Gasteiger partial charge in [-0.3, -0.25) is 14.4 Å². The van der Waals surface area contributed by atoms with Crippen molar-refractivity contribution in [2.24, 2.45) is 5.92 Å². The Labute approximate surface area is 152 Å². The van der Waals surface area contributed by atoms with Crippen molar-refractivity contribution in [1.29, 1.82) is 0 Å². The predicted octanol–water partition coefficient (Wildman–Crippen LogP) is 2.32. The third-order valence-corrected chi connectivity index (χ3v) is 4.79. The van der Waals surface area contributed by atoms with E-state index in [9.17, 15) is 4.39 Å². The average molecular weight is 364 g/mol. The first-order chi connectivity index (χ1) is 12.6. The zero-order valence-electron chi connectivity index (χ0n) is 15.6. The van der Waals surface area contributed by atoms with Crippen LogP contribution in [0.4, 0.5) is 4.39 Å². The number of benzene rings is 1. The third-order valence-electron chi connectivity index (χ3n) is 4.79. The fourth-order valence-electron chi connectivity index (χ4n) is 3.55. The van der Waals surface area contributed by atoms with Gasteiger partial charge in [0.15, 0.2) is 17.3 Å². The zero-order chi connectivity index (χ0) is 18.7. The molecule has 142 valence electrons. The number of H-pyrrole nitrogens is 1. The molecule has 1 aliphatic rings. The largest absolute Gasteiger partial charge is 0.493 e. The van der Waals surface area contributed by atoms with Crippen molar-refractivity contribution in [2.45, 2.75) is 19.4 Å². The van der Waals surface area contributed by atoms with E-state index in [2.05, 4.69) is 20.1 Å². The van der Waals surface area contributed by atoms with Gasteiger partial charge in [-0.05, 0) is 24.6 Å². The number of hydrogen-bond acceptors (Lipinski definition) is 6.